The van der Waals surface area contributed by atoms with Crippen molar-refractivity contribution in [3.05, 3.63) is 0 Å². The van der Waals surface area contributed by atoms with Crippen LogP contribution in [0.2, 0.25) is 0 Å². The molecular weight excluding hydrogens is 337 g/mol. The van der Waals surface area contributed by atoms with Crippen LogP contribution in [0.5, 0.6) is 0 Å². The zero-order chi connectivity index (χ0) is 14.7. The van der Waals surface area contributed by atoms with Gasteiger partial charge in [-0.25, -0.2) is 0 Å². The Balaban J connectivity index is 0.00000132. The number of rotatable bonds is 6. The first-order chi connectivity index (χ1) is 10.3. The summed E-state index contributed by atoms with van der Waals surface area (Å²) in [6, 6.07) is 0.108. The van der Waals surface area contributed by atoms with Gasteiger partial charge >= 0.3 is 0 Å². The number of ether oxygens (including phenoxy) is 1. The number of nitrogens with zero attached hydrogens (tertiary/aromatic N) is 1. The maximum absolute atomic E-state index is 12.3. The summed E-state index contributed by atoms with van der Waals surface area (Å²) < 4.78 is 5.34. The van der Waals surface area contributed by atoms with Gasteiger partial charge in [0.25, 0.3) is 0 Å². The lowest BCUT2D eigenvalue weighted by molar-refractivity contribution is -0.127. The maximum Gasteiger partial charge on any atom is 0.224 e. The van der Waals surface area contributed by atoms with Gasteiger partial charge in [0.1, 0.15) is 0 Å². The fourth-order valence-electron chi connectivity index (χ4n) is 4.34. The summed E-state index contributed by atoms with van der Waals surface area (Å²) in [5.41, 5.74) is 6.21. The molecule has 3 fully saturated rings. The van der Waals surface area contributed by atoms with E-state index in [-0.39, 0.29) is 42.7 Å². The Bertz CT molecular complexity index is 365. The molecule has 1 heterocycles. The van der Waals surface area contributed by atoms with Crippen LogP contribution in [0.25, 0.3) is 0 Å². The second-order valence-electron chi connectivity index (χ2n) is 6.89. The van der Waals surface area contributed by atoms with Crippen LogP contribution in [0.15, 0.2) is 0 Å². The molecule has 4 unspecified atom stereocenters. The van der Waals surface area contributed by atoms with Crippen LogP contribution in [0, 0.1) is 17.8 Å². The quantitative estimate of drug-likeness (QED) is 0.696. The van der Waals surface area contributed by atoms with Gasteiger partial charge in [0.05, 0.1) is 19.1 Å². The summed E-state index contributed by atoms with van der Waals surface area (Å²) in [4.78, 5) is 14.7. The van der Waals surface area contributed by atoms with Gasteiger partial charge in [0.15, 0.2) is 0 Å². The minimum absolute atomic E-state index is 0. The Morgan fingerprint density at radius 3 is 2.48 bits per heavy atom. The lowest BCUT2D eigenvalue weighted by atomic mass is 9.84. The molecule has 0 spiro atoms. The van der Waals surface area contributed by atoms with Crippen molar-refractivity contribution >= 4 is 30.7 Å². The highest BCUT2D eigenvalue weighted by molar-refractivity contribution is 5.85. The van der Waals surface area contributed by atoms with Crippen molar-refractivity contribution in [3.8, 4) is 0 Å². The van der Waals surface area contributed by atoms with E-state index in [9.17, 15) is 4.79 Å². The Morgan fingerprint density at radius 2 is 1.83 bits per heavy atom. The summed E-state index contributed by atoms with van der Waals surface area (Å²) in [7, 11) is 0. The molecule has 3 N–H and O–H groups in total. The number of carbonyl (C=O) groups excluding carboxylic acids is 1. The minimum atomic E-state index is 0. The Kier molecular flexibility index (Phi) is 9.16. The molecule has 3 rings (SSSR count). The number of nitrogens with two attached hydrogens (primary N) is 1. The number of amides is 1. The van der Waals surface area contributed by atoms with Crippen LogP contribution in [-0.4, -0.2) is 56.2 Å². The smallest absolute Gasteiger partial charge is 0.224 e. The predicted molar refractivity (Wildman–Crippen MR) is 96.3 cm³/mol. The molecule has 2 bridgehead atoms. The zero-order valence-electron chi connectivity index (χ0n) is 13.7. The van der Waals surface area contributed by atoms with E-state index < -0.39 is 0 Å². The van der Waals surface area contributed by atoms with Crippen molar-refractivity contribution < 1.29 is 9.53 Å². The molecule has 1 amide bonds. The van der Waals surface area contributed by atoms with E-state index in [2.05, 4.69) is 10.2 Å². The van der Waals surface area contributed by atoms with Crippen LogP contribution < -0.4 is 11.1 Å². The first kappa shape index (κ1) is 21.0. The largest absolute Gasteiger partial charge is 0.379 e. The third-order valence-electron chi connectivity index (χ3n) is 5.59. The van der Waals surface area contributed by atoms with Crippen LogP contribution in [0.3, 0.4) is 0 Å². The maximum atomic E-state index is 12.3. The predicted octanol–water partition coefficient (Wildman–Crippen LogP) is 1.43. The van der Waals surface area contributed by atoms with Gasteiger partial charge in [-0.3, -0.25) is 9.69 Å². The third-order valence-corrected chi connectivity index (χ3v) is 5.59. The fraction of sp³-hybridized carbons (Fsp3) is 0.938. The molecule has 1 saturated heterocycles. The van der Waals surface area contributed by atoms with Crippen LogP contribution in [-0.2, 0) is 9.53 Å². The second kappa shape index (κ2) is 10.0. The number of carbonyl (C=O) groups is 1. The van der Waals surface area contributed by atoms with Crippen molar-refractivity contribution in [2.24, 2.45) is 23.5 Å². The topological polar surface area (TPSA) is 67.6 Å². The summed E-state index contributed by atoms with van der Waals surface area (Å²) in [5, 5.41) is 3.12. The number of halogens is 2. The average molecular weight is 368 g/mol. The molecule has 136 valence electrons. The molecule has 0 aromatic heterocycles. The van der Waals surface area contributed by atoms with Crippen LogP contribution in [0.4, 0.5) is 0 Å². The summed E-state index contributed by atoms with van der Waals surface area (Å²) in [5.74, 6) is 1.45. The van der Waals surface area contributed by atoms with E-state index in [4.69, 9.17) is 10.5 Å². The Morgan fingerprint density at radius 1 is 1.13 bits per heavy atom. The molecule has 5 nitrogen and oxygen atoms in total. The van der Waals surface area contributed by atoms with Crippen molar-refractivity contribution in [3.63, 3.8) is 0 Å². The van der Waals surface area contributed by atoms with Gasteiger partial charge in [0.2, 0.25) is 5.91 Å². The van der Waals surface area contributed by atoms with Crippen LogP contribution >= 0.6 is 24.8 Å². The van der Waals surface area contributed by atoms with E-state index in [1.54, 1.807) is 0 Å². The molecule has 0 radical (unpaired) electrons. The van der Waals surface area contributed by atoms with E-state index in [1.807, 2.05) is 0 Å². The lowest BCUT2D eigenvalue weighted by Crippen LogP contribution is -2.45. The molecule has 4 atom stereocenters. The van der Waals surface area contributed by atoms with E-state index in [1.165, 1.54) is 19.3 Å². The van der Waals surface area contributed by atoms with Crippen molar-refractivity contribution in [1.29, 1.82) is 0 Å². The van der Waals surface area contributed by atoms with E-state index >= 15 is 0 Å². The van der Waals surface area contributed by atoms with Crippen molar-refractivity contribution in [2.45, 2.75) is 38.1 Å². The monoisotopic (exact) mass is 367 g/mol. The number of fused-ring (bicyclic) bond motifs is 2. The van der Waals surface area contributed by atoms with Crippen molar-refractivity contribution in [2.75, 3.05) is 39.4 Å². The summed E-state index contributed by atoms with van der Waals surface area (Å²) in [6.07, 6.45) is 5.81. The fourth-order valence-corrected chi connectivity index (χ4v) is 4.34. The number of nitrogens with one attached hydrogen (secondary N) is 1. The second-order valence-corrected chi connectivity index (χ2v) is 6.89. The summed E-state index contributed by atoms with van der Waals surface area (Å²) >= 11 is 0. The van der Waals surface area contributed by atoms with Gasteiger partial charge in [0, 0.05) is 25.7 Å². The molecule has 1 aliphatic heterocycles. The normalized spacial score (nSPS) is 32.9. The van der Waals surface area contributed by atoms with Gasteiger partial charge in [-0.1, -0.05) is 0 Å². The highest BCUT2D eigenvalue weighted by Gasteiger charge is 2.48. The van der Waals surface area contributed by atoms with Crippen LogP contribution in [0.1, 0.15) is 32.1 Å². The molecule has 23 heavy (non-hydrogen) atoms. The van der Waals surface area contributed by atoms with Gasteiger partial charge in [-0.2, -0.15) is 0 Å². The summed E-state index contributed by atoms with van der Waals surface area (Å²) in [6.45, 7) is 5.73. The number of hydrogen-bond donors (Lipinski definition) is 2. The van der Waals surface area contributed by atoms with Gasteiger partial charge in [-0.15, -0.1) is 24.8 Å². The Hall–Kier alpha value is -0.0700. The first-order valence-corrected chi connectivity index (χ1v) is 8.59. The molecule has 3 aliphatic rings. The van der Waals surface area contributed by atoms with E-state index in [0.717, 1.165) is 52.2 Å². The van der Waals surface area contributed by atoms with Crippen molar-refractivity contribution in [1.82, 2.24) is 10.2 Å². The zero-order valence-corrected chi connectivity index (χ0v) is 15.4. The minimum Gasteiger partial charge on any atom is -0.379 e. The first-order valence-electron chi connectivity index (χ1n) is 8.59. The third kappa shape index (κ3) is 5.20. The highest BCUT2D eigenvalue weighted by Crippen LogP contribution is 2.47. The standard InChI is InChI=1S/C16H29N3O2.2ClH/c17-15-13-4-3-12(11-13)14(15)16(20)18-5-1-2-6-19-7-9-21-10-8-19;;/h12-15H,1-11,17H2,(H,18,20);2*1H. The lowest BCUT2D eigenvalue weighted by Gasteiger charge is -2.27. The SMILES string of the molecule is Cl.Cl.NC1C2CCC(C2)C1C(=O)NCCCCN1CCOCC1. The Labute approximate surface area is 151 Å². The van der Waals surface area contributed by atoms with E-state index in [0.29, 0.717) is 11.8 Å². The molecule has 7 heteroatoms. The molecular formula is C16H31Cl2N3O2. The molecule has 0 aromatic rings. The number of hydrogen-bond acceptors (Lipinski definition) is 4. The average Bonchev–Trinajstić information content (AvgIpc) is 3.08. The molecule has 2 aliphatic carbocycles. The van der Waals surface area contributed by atoms with Gasteiger partial charge < -0.3 is 15.8 Å². The highest BCUT2D eigenvalue weighted by atomic mass is 35.5. The number of morpholine rings is 1. The number of unbranched alkanes of at least 4 members (excludes halogenated alkanes) is 1. The molecule has 2 saturated carbocycles. The van der Waals surface area contributed by atoms with Gasteiger partial charge in [-0.05, 0) is 50.5 Å². The molecule has 0 aromatic carbocycles.